The average molecular weight is 365 g/mol. The zero-order chi connectivity index (χ0) is 17.6. The predicted octanol–water partition coefficient (Wildman–Crippen LogP) is 2.42. The Morgan fingerprint density at radius 2 is 1.92 bits per heavy atom. The number of rotatable bonds is 5. The number of likely N-dealkylation sites (tertiary alicyclic amines) is 2. The number of methoxy groups -OCH3 is 1. The van der Waals surface area contributed by atoms with Crippen molar-refractivity contribution in [3.8, 4) is 0 Å². The van der Waals surface area contributed by atoms with E-state index in [1.54, 1.807) is 11.4 Å². The Morgan fingerprint density at radius 1 is 1.20 bits per heavy atom. The molecule has 3 heterocycles. The summed E-state index contributed by atoms with van der Waals surface area (Å²) in [7, 11) is 1.35. The molecule has 1 aromatic heterocycles. The number of nitrogens with one attached hydrogen (secondary N) is 1. The summed E-state index contributed by atoms with van der Waals surface area (Å²) in [5, 5.41) is 4.63. The quantitative estimate of drug-likeness (QED) is 0.812. The molecule has 2 aliphatic rings. The topological polar surface area (TPSA) is 61.9 Å². The number of esters is 1. The molecule has 0 aliphatic carbocycles. The normalized spacial score (nSPS) is 20.4. The zero-order valence-corrected chi connectivity index (χ0v) is 15.6. The van der Waals surface area contributed by atoms with Crippen molar-refractivity contribution in [2.45, 2.75) is 38.1 Å². The van der Waals surface area contributed by atoms with Crippen LogP contribution in [0.3, 0.4) is 0 Å². The first-order valence-electron chi connectivity index (χ1n) is 9.09. The van der Waals surface area contributed by atoms with Gasteiger partial charge in [0, 0.05) is 19.1 Å². The molecule has 1 aromatic rings. The maximum Gasteiger partial charge on any atom is 0.350 e. The van der Waals surface area contributed by atoms with Crippen molar-refractivity contribution in [2.75, 3.05) is 45.2 Å². The second-order valence-corrected chi connectivity index (χ2v) is 7.72. The summed E-state index contributed by atoms with van der Waals surface area (Å²) in [4.78, 5) is 29.3. The Bertz CT molecular complexity index is 590. The van der Waals surface area contributed by atoms with Gasteiger partial charge in [0.25, 0.3) is 0 Å². The van der Waals surface area contributed by atoms with Crippen LogP contribution in [-0.4, -0.2) is 67.6 Å². The number of carbonyl (C=O) groups excluding carboxylic acids is 2. The molecule has 138 valence electrons. The first-order valence-corrected chi connectivity index (χ1v) is 9.97. The van der Waals surface area contributed by atoms with Gasteiger partial charge in [-0.2, -0.15) is 0 Å². The summed E-state index contributed by atoms with van der Waals surface area (Å²) in [5.41, 5.74) is 0.546. The Morgan fingerprint density at radius 3 is 2.60 bits per heavy atom. The van der Waals surface area contributed by atoms with Crippen LogP contribution in [0, 0.1) is 0 Å². The molecule has 0 aromatic carbocycles. The van der Waals surface area contributed by atoms with Crippen molar-refractivity contribution < 1.29 is 14.3 Å². The fraction of sp³-hybridized carbons (Fsp3) is 0.667. The number of hydrogen-bond acceptors (Lipinski definition) is 6. The van der Waals surface area contributed by atoms with Crippen molar-refractivity contribution >= 4 is 28.9 Å². The van der Waals surface area contributed by atoms with Gasteiger partial charge in [-0.1, -0.05) is 6.42 Å². The summed E-state index contributed by atoms with van der Waals surface area (Å²) in [6.45, 7) is 4.77. The number of hydrogen-bond donors (Lipinski definition) is 1. The Hall–Kier alpha value is -1.44. The van der Waals surface area contributed by atoms with E-state index < -0.39 is 5.97 Å². The number of carbonyl (C=O) groups is 2. The van der Waals surface area contributed by atoms with Crippen molar-refractivity contribution in [2.24, 2.45) is 0 Å². The highest BCUT2D eigenvalue weighted by Crippen LogP contribution is 2.24. The number of anilines is 1. The highest BCUT2D eigenvalue weighted by molar-refractivity contribution is 7.12. The molecule has 1 N–H and O–H groups in total. The lowest BCUT2D eigenvalue weighted by Crippen LogP contribution is -2.48. The van der Waals surface area contributed by atoms with Crippen molar-refractivity contribution in [3.63, 3.8) is 0 Å². The van der Waals surface area contributed by atoms with E-state index in [0.29, 0.717) is 23.2 Å². The number of ether oxygens (including phenoxy) is 1. The molecule has 25 heavy (non-hydrogen) atoms. The fourth-order valence-corrected chi connectivity index (χ4v) is 4.54. The van der Waals surface area contributed by atoms with Gasteiger partial charge in [0.2, 0.25) is 5.91 Å². The standard InChI is InChI=1S/C18H27N3O3S/c1-24-18(23)17-15(7-12-25-17)19-16(22)13-20-10-5-14(6-11-20)21-8-3-2-4-9-21/h7,12,14H,2-6,8-11,13H2,1H3,(H,19,22). The maximum absolute atomic E-state index is 12.3. The van der Waals surface area contributed by atoms with Crippen LogP contribution in [0.5, 0.6) is 0 Å². The first kappa shape index (κ1) is 18.4. The van der Waals surface area contributed by atoms with Gasteiger partial charge in [-0.25, -0.2) is 4.79 Å². The number of nitrogens with zero attached hydrogens (tertiary/aromatic N) is 2. The lowest BCUT2D eigenvalue weighted by molar-refractivity contribution is -0.117. The molecule has 6 nitrogen and oxygen atoms in total. The van der Waals surface area contributed by atoms with Gasteiger partial charge in [-0.05, 0) is 50.2 Å². The van der Waals surface area contributed by atoms with Crippen LogP contribution >= 0.6 is 11.3 Å². The van der Waals surface area contributed by atoms with Gasteiger partial charge in [0.05, 0.1) is 19.3 Å². The van der Waals surface area contributed by atoms with Crippen LogP contribution in [-0.2, 0) is 9.53 Å². The largest absolute Gasteiger partial charge is 0.465 e. The highest BCUT2D eigenvalue weighted by Gasteiger charge is 2.26. The van der Waals surface area contributed by atoms with Crippen LogP contribution < -0.4 is 5.32 Å². The summed E-state index contributed by atoms with van der Waals surface area (Å²) in [5.74, 6) is -0.479. The van der Waals surface area contributed by atoms with Crippen LogP contribution in [0.25, 0.3) is 0 Å². The van der Waals surface area contributed by atoms with E-state index in [1.807, 2.05) is 0 Å². The minimum absolute atomic E-state index is 0.0695. The molecule has 1 amide bonds. The third-order valence-corrected chi connectivity index (χ3v) is 6.04. The molecule has 2 fully saturated rings. The van der Waals surface area contributed by atoms with E-state index in [-0.39, 0.29) is 5.91 Å². The van der Waals surface area contributed by atoms with Gasteiger partial charge >= 0.3 is 5.97 Å². The van der Waals surface area contributed by atoms with E-state index in [2.05, 4.69) is 15.1 Å². The summed E-state index contributed by atoms with van der Waals surface area (Å²) >= 11 is 1.28. The molecular formula is C18H27N3O3S. The zero-order valence-electron chi connectivity index (χ0n) is 14.8. The minimum Gasteiger partial charge on any atom is -0.465 e. The molecule has 0 atom stereocenters. The fourth-order valence-electron chi connectivity index (χ4n) is 3.78. The maximum atomic E-state index is 12.3. The third kappa shape index (κ3) is 4.80. The molecule has 0 radical (unpaired) electrons. The van der Waals surface area contributed by atoms with Gasteiger partial charge in [-0.15, -0.1) is 11.3 Å². The summed E-state index contributed by atoms with van der Waals surface area (Å²) in [6, 6.07) is 2.43. The molecular weight excluding hydrogens is 338 g/mol. The Labute approximate surface area is 153 Å². The van der Waals surface area contributed by atoms with Crippen LogP contribution in [0.2, 0.25) is 0 Å². The van der Waals surface area contributed by atoms with Crippen molar-refractivity contribution in [3.05, 3.63) is 16.3 Å². The van der Waals surface area contributed by atoms with Gasteiger partial charge in [0.1, 0.15) is 4.88 Å². The van der Waals surface area contributed by atoms with Crippen LogP contribution in [0.1, 0.15) is 41.8 Å². The lowest BCUT2D eigenvalue weighted by Gasteiger charge is -2.40. The predicted molar refractivity (Wildman–Crippen MR) is 99.2 cm³/mol. The van der Waals surface area contributed by atoms with Crippen molar-refractivity contribution in [1.82, 2.24) is 9.80 Å². The lowest BCUT2D eigenvalue weighted by atomic mass is 10.00. The van der Waals surface area contributed by atoms with Crippen LogP contribution in [0.15, 0.2) is 11.4 Å². The first-order chi connectivity index (χ1) is 12.2. The van der Waals surface area contributed by atoms with Gasteiger partial charge in [-0.3, -0.25) is 9.69 Å². The average Bonchev–Trinajstić information content (AvgIpc) is 3.10. The Balaban J connectivity index is 1.45. The van der Waals surface area contributed by atoms with Crippen molar-refractivity contribution in [1.29, 1.82) is 0 Å². The molecule has 0 spiro atoms. The second-order valence-electron chi connectivity index (χ2n) is 6.81. The molecule has 0 bridgehead atoms. The highest BCUT2D eigenvalue weighted by atomic mass is 32.1. The molecule has 7 heteroatoms. The van der Waals surface area contributed by atoms with E-state index in [0.717, 1.165) is 25.9 Å². The smallest absolute Gasteiger partial charge is 0.350 e. The summed E-state index contributed by atoms with van der Waals surface area (Å²) < 4.78 is 4.74. The Kier molecular flexibility index (Phi) is 6.45. The molecule has 2 aliphatic heterocycles. The molecule has 0 saturated carbocycles. The summed E-state index contributed by atoms with van der Waals surface area (Å²) in [6.07, 6.45) is 6.29. The second kappa shape index (κ2) is 8.78. The van der Waals surface area contributed by atoms with E-state index in [4.69, 9.17) is 4.74 Å². The van der Waals surface area contributed by atoms with Crippen LogP contribution in [0.4, 0.5) is 5.69 Å². The number of thiophene rings is 1. The molecule has 3 rings (SSSR count). The van der Waals surface area contributed by atoms with Gasteiger partial charge in [0.15, 0.2) is 0 Å². The van der Waals surface area contributed by atoms with Gasteiger partial charge < -0.3 is 15.0 Å². The van der Waals surface area contributed by atoms with E-state index >= 15 is 0 Å². The number of amides is 1. The van der Waals surface area contributed by atoms with E-state index in [1.165, 1.54) is 50.8 Å². The SMILES string of the molecule is COC(=O)c1sccc1NC(=O)CN1CCC(N2CCCCC2)CC1. The molecule has 2 saturated heterocycles. The monoisotopic (exact) mass is 365 g/mol. The third-order valence-electron chi connectivity index (χ3n) is 5.14. The van der Waals surface area contributed by atoms with E-state index in [9.17, 15) is 9.59 Å². The number of piperidine rings is 2. The minimum atomic E-state index is -0.410. The molecule has 0 unspecified atom stereocenters.